The summed E-state index contributed by atoms with van der Waals surface area (Å²) in [5.74, 6) is 0.606. The largest absolute Gasteiger partial charge is 0.119 e. The SMILES string of the molecule is CC1(Cl)CCC(C2C=CC=C2)(P(C2CCCCC2)C2CCCCC2)C(C)(C)C1(C)C. The van der Waals surface area contributed by atoms with E-state index in [4.69, 9.17) is 11.6 Å². The number of halogens is 1. The van der Waals surface area contributed by atoms with E-state index in [1.165, 1.54) is 77.0 Å². The second kappa shape index (κ2) is 8.52. The first-order chi connectivity index (χ1) is 14.2. The Morgan fingerprint density at radius 3 is 1.60 bits per heavy atom. The van der Waals surface area contributed by atoms with Gasteiger partial charge >= 0.3 is 0 Å². The lowest BCUT2D eigenvalue weighted by molar-refractivity contribution is -0.0315. The minimum absolute atomic E-state index is 0.0594. The van der Waals surface area contributed by atoms with Crippen molar-refractivity contribution >= 4 is 19.5 Å². The van der Waals surface area contributed by atoms with Gasteiger partial charge in [0, 0.05) is 15.9 Å². The summed E-state index contributed by atoms with van der Waals surface area (Å²) in [5.41, 5.74) is 2.27. The van der Waals surface area contributed by atoms with Crippen LogP contribution in [-0.4, -0.2) is 21.3 Å². The zero-order chi connectivity index (χ0) is 21.6. The van der Waals surface area contributed by atoms with Gasteiger partial charge in [-0.05, 0) is 67.6 Å². The molecule has 0 spiro atoms. The average molecular weight is 449 g/mol. The molecule has 4 aliphatic rings. The quantitative estimate of drug-likeness (QED) is 0.296. The molecule has 0 heterocycles. The van der Waals surface area contributed by atoms with Crippen molar-refractivity contribution in [2.45, 2.75) is 133 Å². The van der Waals surface area contributed by atoms with Crippen molar-refractivity contribution in [3.8, 4) is 0 Å². The molecular formula is C28H46ClP. The summed E-state index contributed by atoms with van der Waals surface area (Å²) in [5, 5.41) is 0.383. The van der Waals surface area contributed by atoms with Gasteiger partial charge < -0.3 is 0 Å². The van der Waals surface area contributed by atoms with Crippen molar-refractivity contribution < 1.29 is 0 Å². The van der Waals surface area contributed by atoms with E-state index in [2.05, 4.69) is 58.9 Å². The number of allylic oxidation sites excluding steroid dienone is 4. The van der Waals surface area contributed by atoms with Crippen molar-refractivity contribution in [3.05, 3.63) is 24.3 Å². The maximum Gasteiger partial charge on any atom is 0.0475 e. The predicted octanol–water partition coefficient (Wildman–Crippen LogP) is 9.46. The summed E-state index contributed by atoms with van der Waals surface area (Å²) in [7, 11) is -0.0594. The Hall–Kier alpha value is 0.200. The van der Waals surface area contributed by atoms with Crippen LogP contribution in [0.15, 0.2) is 24.3 Å². The molecule has 0 bridgehead atoms. The van der Waals surface area contributed by atoms with Crippen molar-refractivity contribution in [1.29, 1.82) is 0 Å². The van der Waals surface area contributed by atoms with E-state index in [1.54, 1.807) is 0 Å². The second-order valence-electron chi connectivity index (χ2n) is 12.2. The Bertz CT molecular complexity index is 630. The maximum atomic E-state index is 7.33. The van der Waals surface area contributed by atoms with Gasteiger partial charge in [-0.1, -0.05) is 98.4 Å². The minimum atomic E-state index is -0.119. The lowest BCUT2D eigenvalue weighted by Gasteiger charge is -2.70. The molecule has 4 rings (SSSR count). The molecule has 30 heavy (non-hydrogen) atoms. The van der Waals surface area contributed by atoms with Crippen LogP contribution in [0.5, 0.6) is 0 Å². The Morgan fingerprint density at radius 1 is 0.667 bits per heavy atom. The van der Waals surface area contributed by atoms with Crippen molar-refractivity contribution in [1.82, 2.24) is 0 Å². The van der Waals surface area contributed by atoms with Crippen LogP contribution < -0.4 is 0 Å². The van der Waals surface area contributed by atoms with Crippen LogP contribution in [-0.2, 0) is 0 Å². The standard InChI is InChI=1S/C28H46ClP/c1-25(2)26(3,4)28(21-20-27(25,5)29,22-14-12-13-15-22)30(23-16-8-6-9-17-23)24-18-10-7-11-19-24/h12-15,22-24H,6-11,16-21H2,1-5H3. The smallest absolute Gasteiger partial charge is 0.0475 e. The highest BCUT2D eigenvalue weighted by molar-refractivity contribution is 7.61. The van der Waals surface area contributed by atoms with Gasteiger partial charge in [-0.2, -0.15) is 0 Å². The normalized spacial score (nSPS) is 37.8. The van der Waals surface area contributed by atoms with Gasteiger partial charge in [-0.3, -0.25) is 0 Å². The summed E-state index contributed by atoms with van der Waals surface area (Å²) in [6.45, 7) is 12.6. The van der Waals surface area contributed by atoms with Crippen molar-refractivity contribution in [2.24, 2.45) is 16.7 Å². The molecule has 2 unspecified atom stereocenters. The highest BCUT2D eigenvalue weighted by atomic mass is 35.5. The maximum absolute atomic E-state index is 7.33. The van der Waals surface area contributed by atoms with Crippen molar-refractivity contribution in [2.75, 3.05) is 0 Å². The summed E-state index contributed by atoms with van der Waals surface area (Å²) in [6, 6.07) is 0. The highest BCUT2D eigenvalue weighted by Gasteiger charge is 2.68. The zero-order valence-electron chi connectivity index (χ0n) is 20.4. The summed E-state index contributed by atoms with van der Waals surface area (Å²) < 4.78 is 0. The predicted molar refractivity (Wildman–Crippen MR) is 136 cm³/mol. The molecule has 0 N–H and O–H groups in total. The molecule has 4 aliphatic carbocycles. The van der Waals surface area contributed by atoms with E-state index < -0.39 is 0 Å². The van der Waals surface area contributed by atoms with Crippen LogP contribution in [0.25, 0.3) is 0 Å². The summed E-state index contributed by atoms with van der Waals surface area (Å²) in [6.07, 6.45) is 27.2. The third-order valence-corrected chi connectivity index (χ3v) is 15.9. The van der Waals surface area contributed by atoms with E-state index in [0.717, 1.165) is 11.3 Å². The Balaban J connectivity index is 1.87. The van der Waals surface area contributed by atoms with Gasteiger partial charge in [0.2, 0.25) is 0 Å². The van der Waals surface area contributed by atoms with Crippen LogP contribution in [0.1, 0.15) is 112 Å². The molecule has 0 aromatic rings. The molecule has 2 heteroatoms. The monoisotopic (exact) mass is 448 g/mol. The third kappa shape index (κ3) is 3.50. The van der Waals surface area contributed by atoms with Gasteiger partial charge in [-0.15, -0.1) is 11.6 Å². The molecule has 3 fully saturated rings. The van der Waals surface area contributed by atoms with Crippen LogP contribution in [0, 0.1) is 16.7 Å². The molecule has 170 valence electrons. The molecule has 3 saturated carbocycles. The zero-order valence-corrected chi connectivity index (χ0v) is 22.0. The molecule has 0 aromatic carbocycles. The first-order valence-electron chi connectivity index (χ1n) is 13.0. The molecule has 0 aliphatic heterocycles. The topological polar surface area (TPSA) is 0 Å². The Morgan fingerprint density at radius 2 is 1.13 bits per heavy atom. The summed E-state index contributed by atoms with van der Waals surface area (Å²) in [4.78, 5) is -0.119. The number of hydrogen-bond donors (Lipinski definition) is 0. The third-order valence-electron chi connectivity index (χ3n) is 10.6. The molecule has 0 aromatic heterocycles. The van der Waals surface area contributed by atoms with Crippen LogP contribution >= 0.6 is 19.5 Å². The minimum Gasteiger partial charge on any atom is -0.119 e. The molecule has 2 atom stereocenters. The van der Waals surface area contributed by atoms with Gasteiger partial charge in [0.25, 0.3) is 0 Å². The highest BCUT2D eigenvalue weighted by Crippen LogP contribution is 2.79. The molecule has 0 radical (unpaired) electrons. The Kier molecular flexibility index (Phi) is 6.64. The average Bonchev–Trinajstić information content (AvgIpc) is 3.26. The lowest BCUT2D eigenvalue weighted by Crippen LogP contribution is -2.65. The fraction of sp³-hybridized carbons (Fsp3) is 0.857. The number of hydrogen-bond acceptors (Lipinski definition) is 0. The summed E-state index contributed by atoms with van der Waals surface area (Å²) >= 11 is 7.33. The van der Waals surface area contributed by atoms with E-state index in [-0.39, 0.29) is 23.6 Å². The molecule has 0 nitrogen and oxygen atoms in total. The van der Waals surface area contributed by atoms with Crippen LogP contribution in [0.3, 0.4) is 0 Å². The van der Waals surface area contributed by atoms with Crippen LogP contribution in [0.4, 0.5) is 0 Å². The Labute approximate surface area is 193 Å². The van der Waals surface area contributed by atoms with Gasteiger partial charge in [0.1, 0.15) is 0 Å². The lowest BCUT2D eigenvalue weighted by atomic mass is 9.48. The first kappa shape index (κ1) is 23.4. The van der Waals surface area contributed by atoms with E-state index in [1.807, 2.05) is 0 Å². The van der Waals surface area contributed by atoms with Crippen LogP contribution in [0.2, 0.25) is 0 Å². The molecule has 0 amide bonds. The number of alkyl halides is 1. The van der Waals surface area contributed by atoms with E-state index >= 15 is 0 Å². The van der Waals surface area contributed by atoms with Gasteiger partial charge in [0.15, 0.2) is 0 Å². The fourth-order valence-electron chi connectivity index (χ4n) is 7.87. The molecule has 0 saturated heterocycles. The molecular weight excluding hydrogens is 403 g/mol. The first-order valence-corrected chi connectivity index (χ1v) is 14.8. The van der Waals surface area contributed by atoms with E-state index in [9.17, 15) is 0 Å². The van der Waals surface area contributed by atoms with E-state index in [0.29, 0.717) is 11.1 Å². The van der Waals surface area contributed by atoms with Gasteiger partial charge in [0.05, 0.1) is 0 Å². The fourth-order valence-corrected chi connectivity index (χ4v) is 13.8. The second-order valence-corrected chi connectivity index (χ2v) is 16.1. The number of rotatable bonds is 4. The van der Waals surface area contributed by atoms with Gasteiger partial charge in [-0.25, -0.2) is 0 Å². The van der Waals surface area contributed by atoms with Crippen molar-refractivity contribution in [3.63, 3.8) is 0 Å².